The molecule has 0 unspecified atom stereocenters. The third-order valence-electron chi connectivity index (χ3n) is 7.40. The van der Waals surface area contributed by atoms with Gasteiger partial charge >= 0.3 is 5.97 Å². The van der Waals surface area contributed by atoms with E-state index in [4.69, 9.17) is 14.7 Å². The van der Waals surface area contributed by atoms with E-state index in [1.807, 2.05) is 48.0 Å². The fourth-order valence-electron chi connectivity index (χ4n) is 5.24. The van der Waals surface area contributed by atoms with Crippen LogP contribution in [0.1, 0.15) is 50.4 Å². The van der Waals surface area contributed by atoms with Gasteiger partial charge in [-0.1, -0.05) is 24.3 Å². The Kier molecular flexibility index (Phi) is 6.29. The molecule has 7 heteroatoms. The van der Waals surface area contributed by atoms with Crippen molar-refractivity contribution in [3.05, 3.63) is 112 Å². The lowest BCUT2D eigenvalue weighted by Gasteiger charge is -2.13. The first-order chi connectivity index (χ1) is 19.0. The van der Waals surface area contributed by atoms with E-state index in [0.29, 0.717) is 24.5 Å². The minimum atomic E-state index is -0.951. The Morgan fingerprint density at radius 1 is 1.00 bits per heavy atom. The van der Waals surface area contributed by atoms with Crippen molar-refractivity contribution in [3.63, 3.8) is 0 Å². The maximum absolute atomic E-state index is 11.5. The van der Waals surface area contributed by atoms with Crippen molar-refractivity contribution in [1.29, 1.82) is 5.26 Å². The summed E-state index contributed by atoms with van der Waals surface area (Å²) < 4.78 is 8.03. The molecule has 1 aliphatic rings. The molecule has 39 heavy (non-hydrogen) atoms. The van der Waals surface area contributed by atoms with Crippen LogP contribution < -0.4 is 4.74 Å². The van der Waals surface area contributed by atoms with Crippen LogP contribution in [0.2, 0.25) is 0 Å². The lowest BCUT2D eigenvalue weighted by molar-refractivity contribution is 0.0697. The van der Waals surface area contributed by atoms with E-state index in [2.05, 4.69) is 24.3 Å². The number of aromatic nitrogens is 3. The molecule has 0 atom stereocenters. The Bertz CT molecular complexity index is 1780. The van der Waals surface area contributed by atoms with Crippen molar-refractivity contribution >= 4 is 17.0 Å². The third-order valence-corrected chi connectivity index (χ3v) is 7.40. The molecule has 7 nitrogen and oxygen atoms in total. The molecule has 1 N–H and O–H groups in total. The maximum atomic E-state index is 11.5. The number of hydrogen-bond acceptors (Lipinski definition) is 5. The summed E-state index contributed by atoms with van der Waals surface area (Å²) in [6.45, 7) is 0.399. The number of pyridine rings is 1. The Labute approximate surface area is 226 Å². The molecule has 0 saturated heterocycles. The van der Waals surface area contributed by atoms with E-state index >= 15 is 0 Å². The van der Waals surface area contributed by atoms with Gasteiger partial charge in [-0.15, -0.1) is 0 Å². The molecule has 0 fully saturated rings. The van der Waals surface area contributed by atoms with Crippen LogP contribution in [0.4, 0.5) is 0 Å². The number of rotatable bonds is 3. The number of nitriles is 1. The van der Waals surface area contributed by atoms with E-state index in [1.54, 1.807) is 18.2 Å². The number of imidazole rings is 1. The highest BCUT2D eigenvalue weighted by Gasteiger charge is 2.16. The van der Waals surface area contributed by atoms with Crippen LogP contribution >= 0.6 is 0 Å². The molecule has 0 spiro atoms. The van der Waals surface area contributed by atoms with Gasteiger partial charge in [0, 0.05) is 25.1 Å². The van der Waals surface area contributed by atoms with E-state index in [0.717, 1.165) is 58.5 Å². The van der Waals surface area contributed by atoms with Gasteiger partial charge in [0.05, 0.1) is 33.9 Å². The molecule has 0 radical (unpaired) electrons. The van der Waals surface area contributed by atoms with Gasteiger partial charge in [0.15, 0.2) is 0 Å². The highest BCUT2D eigenvalue weighted by Crippen LogP contribution is 2.28. The zero-order chi connectivity index (χ0) is 26.9. The Morgan fingerprint density at radius 2 is 1.87 bits per heavy atom. The number of nitrogens with zero attached hydrogens (tertiary/aromatic N) is 4. The third kappa shape index (κ3) is 4.85. The minimum absolute atomic E-state index is 0.248. The number of benzene rings is 3. The van der Waals surface area contributed by atoms with Crippen LogP contribution in [0.15, 0.2) is 72.8 Å². The number of hydrogen-bond donors (Lipinski definition) is 1. The second-order valence-electron chi connectivity index (χ2n) is 9.85. The quantitative estimate of drug-likeness (QED) is 0.323. The standard InChI is InChI=1S/C32H26N4O3/c1-36-29-16-25(32(37)38)12-13-28(29)34-30(36)17-23-10-11-24-15-22(23)5-2-4-21-14-20(18-33)8-9-26(21)19-39-31-7-3-6-27(24)35-31/h3,6-16H,2,4-5,17,19H2,1H3,(H,37,38). The molecule has 3 aromatic carbocycles. The number of carbonyl (C=O) groups is 1. The number of ether oxygens (including phenoxy) is 1. The summed E-state index contributed by atoms with van der Waals surface area (Å²) in [6, 6.07) is 25.3. The van der Waals surface area contributed by atoms with Gasteiger partial charge in [0.2, 0.25) is 5.88 Å². The van der Waals surface area contributed by atoms with Crippen molar-refractivity contribution < 1.29 is 14.6 Å². The molecule has 0 aliphatic carbocycles. The first kappa shape index (κ1) is 24.4. The van der Waals surface area contributed by atoms with Gasteiger partial charge in [-0.05, 0) is 84.0 Å². The lowest BCUT2D eigenvalue weighted by atomic mass is 9.93. The summed E-state index contributed by atoms with van der Waals surface area (Å²) in [5.74, 6) is 0.484. The lowest BCUT2D eigenvalue weighted by Crippen LogP contribution is -2.04. The zero-order valence-electron chi connectivity index (χ0n) is 21.5. The molecular weight excluding hydrogens is 488 g/mol. The Hall–Kier alpha value is -4.96. The molecular formula is C32H26N4O3. The number of aromatic carboxylic acids is 1. The first-order valence-electron chi connectivity index (χ1n) is 12.9. The average Bonchev–Trinajstić information content (AvgIpc) is 3.27. The predicted molar refractivity (Wildman–Crippen MR) is 148 cm³/mol. The highest BCUT2D eigenvalue weighted by molar-refractivity contribution is 5.92. The molecule has 6 rings (SSSR count). The second kappa shape index (κ2) is 10.1. The van der Waals surface area contributed by atoms with Crippen LogP contribution in [-0.4, -0.2) is 25.6 Å². The molecule has 0 amide bonds. The molecule has 4 bridgehead atoms. The van der Waals surface area contributed by atoms with Crippen LogP contribution in [0, 0.1) is 11.3 Å². The Balaban J connectivity index is 1.39. The van der Waals surface area contributed by atoms with E-state index in [9.17, 15) is 15.2 Å². The molecule has 192 valence electrons. The monoisotopic (exact) mass is 514 g/mol. The number of carboxylic acids is 1. The summed E-state index contributed by atoms with van der Waals surface area (Å²) >= 11 is 0. The molecule has 3 heterocycles. The van der Waals surface area contributed by atoms with E-state index in [-0.39, 0.29) is 5.56 Å². The highest BCUT2D eigenvalue weighted by atomic mass is 16.5. The van der Waals surface area contributed by atoms with Gasteiger partial charge in [-0.3, -0.25) is 0 Å². The van der Waals surface area contributed by atoms with Crippen LogP contribution in [0.5, 0.6) is 5.88 Å². The summed E-state index contributed by atoms with van der Waals surface area (Å²) in [5, 5.41) is 18.8. The van der Waals surface area contributed by atoms with Gasteiger partial charge < -0.3 is 14.4 Å². The number of carboxylic acid groups (broad SMARTS) is 1. The smallest absolute Gasteiger partial charge is 0.335 e. The van der Waals surface area contributed by atoms with Crippen molar-refractivity contribution in [2.24, 2.45) is 7.05 Å². The van der Waals surface area contributed by atoms with E-state index < -0.39 is 5.97 Å². The minimum Gasteiger partial charge on any atom is -0.478 e. The van der Waals surface area contributed by atoms with Crippen molar-refractivity contribution in [1.82, 2.24) is 14.5 Å². The van der Waals surface area contributed by atoms with Crippen LogP contribution in [0.3, 0.4) is 0 Å². The fraction of sp³-hybridized carbons (Fsp3) is 0.188. The second-order valence-corrected chi connectivity index (χ2v) is 9.85. The summed E-state index contributed by atoms with van der Waals surface area (Å²) in [5.41, 5.74) is 8.92. The summed E-state index contributed by atoms with van der Waals surface area (Å²) in [6.07, 6.45) is 3.21. The normalized spacial score (nSPS) is 12.8. The molecule has 2 aromatic heterocycles. The fourth-order valence-corrected chi connectivity index (χ4v) is 5.24. The molecule has 5 aromatic rings. The van der Waals surface area contributed by atoms with Gasteiger partial charge in [-0.25, -0.2) is 14.8 Å². The van der Waals surface area contributed by atoms with Crippen molar-refractivity contribution in [2.75, 3.05) is 0 Å². The van der Waals surface area contributed by atoms with Crippen molar-refractivity contribution in [3.8, 4) is 23.2 Å². The van der Waals surface area contributed by atoms with E-state index in [1.165, 1.54) is 11.1 Å². The first-order valence-corrected chi connectivity index (χ1v) is 12.9. The van der Waals surface area contributed by atoms with Gasteiger partial charge in [0.25, 0.3) is 0 Å². The molecule has 0 saturated carbocycles. The van der Waals surface area contributed by atoms with Crippen molar-refractivity contribution in [2.45, 2.75) is 32.3 Å². The van der Waals surface area contributed by atoms with Crippen LogP contribution in [-0.2, 0) is 32.9 Å². The summed E-state index contributed by atoms with van der Waals surface area (Å²) in [7, 11) is 1.93. The Morgan fingerprint density at radius 3 is 2.72 bits per heavy atom. The van der Waals surface area contributed by atoms with Gasteiger partial charge in [0.1, 0.15) is 12.4 Å². The maximum Gasteiger partial charge on any atom is 0.335 e. The van der Waals surface area contributed by atoms with Gasteiger partial charge in [-0.2, -0.15) is 5.26 Å². The predicted octanol–water partition coefficient (Wildman–Crippen LogP) is 5.86. The SMILES string of the molecule is Cn1c(Cc2ccc3cc2CCCc2cc(C#N)ccc2COc2cccc-3n2)nc2ccc(C(=O)O)cc21. The van der Waals surface area contributed by atoms with Crippen LogP contribution in [0.25, 0.3) is 22.3 Å². The zero-order valence-corrected chi connectivity index (χ0v) is 21.5. The number of aryl methyl sites for hydroxylation is 3. The average molecular weight is 515 g/mol. The number of fused-ring (bicyclic) bond motifs is 7. The topological polar surface area (TPSA) is 101 Å². The largest absolute Gasteiger partial charge is 0.478 e. The summed E-state index contributed by atoms with van der Waals surface area (Å²) in [4.78, 5) is 21.0. The molecule has 1 aliphatic heterocycles.